The van der Waals surface area contributed by atoms with Gasteiger partial charge in [0.2, 0.25) is 10.0 Å². The van der Waals surface area contributed by atoms with E-state index < -0.39 is 10.0 Å². The molecule has 0 amide bonds. The Hall–Kier alpha value is -1.27. The van der Waals surface area contributed by atoms with Gasteiger partial charge in [-0.2, -0.15) is 0 Å². The molecular weight excluding hydrogens is 274 g/mol. The standard InChI is InChI=1S/C14H25N3O2S/c1-4-11(5-2)10-16-14-9-12(7-8-13(14)15)20(18,19)17-6-3/h7-9,11,16-17H,4-6,10,15H2,1-3H3. The molecule has 0 saturated heterocycles. The Morgan fingerprint density at radius 2 is 1.85 bits per heavy atom. The number of hydrogen-bond donors (Lipinski definition) is 3. The fourth-order valence-electron chi connectivity index (χ4n) is 1.96. The topological polar surface area (TPSA) is 84.2 Å². The summed E-state index contributed by atoms with van der Waals surface area (Å²) < 4.78 is 26.4. The smallest absolute Gasteiger partial charge is 0.240 e. The van der Waals surface area contributed by atoms with Crippen LogP contribution < -0.4 is 15.8 Å². The summed E-state index contributed by atoms with van der Waals surface area (Å²) in [5.41, 5.74) is 7.14. The van der Waals surface area contributed by atoms with E-state index in [-0.39, 0.29) is 4.90 Å². The van der Waals surface area contributed by atoms with Crippen molar-refractivity contribution in [2.24, 2.45) is 5.92 Å². The van der Waals surface area contributed by atoms with Crippen molar-refractivity contribution in [3.05, 3.63) is 18.2 Å². The van der Waals surface area contributed by atoms with E-state index in [0.29, 0.717) is 23.8 Å². The highest BCUT2D eigenvalue weighted by atomic mass is 32.2. The predicted molar refractivity (Wildman–Crippen MR) is 84.3 cm³/mol. The van der Waals surface area contributed by atoms with Crippen LogP contribution in [0.1, 0.15) is 33.6 Å². The molecule has 0 aliphatic carbocycles. The van der Waals surface area contributed by atoms with Crippen LogP contribution in [0.15, 0.2) is 23.1 Å². The minimum absolute atomic E-state index is 0.237. The largest absolute Gasteiger partial charge is 0.397 e. The lowest BCUT2D eigenvalue weighted by atomic mass is 10.0. The molecule has 0 aliphatic rings. The van der Waals surface area contributed by atoms with E-state index in [4.69, 9.17) is 5.73 Å². The van der Waals surface area contributed by atoms with Gasteiger partial charge in [-0.15, -0.1) is 0 Å². The molecule has 5 nitrogen and oxygen atoms in total. The summed E-state index contributed by atoms with van der Waals surface area (Å²) in [4.78, 5) is 0.237. The second-order valence-electron chi connectivity index (χ2n) is 4.81. The Morgan fingerprint density at radius 1 is 1.20 bits per heavy atom. The first-order valence-corrected chi connectivity index (χ1v) is 8.55. The summed E-state index contributed by atoms with van der Waals surface area (Å²) in [7, 11) is -3.44. The fourth-order valence-corrected chi connectivity index (χ4v) is 3.03. The molecule has 4 N–H and O–H groups in total. The van der Waals surface area contributed by atoms with Crippen LogP contribution in [-0.2, 0) is 10.0 Å². The zero-order valence-electron chi connectivity index (χ0n) is 12.4. The third kappa shape index (κ3) is 4.38. The van der Waals surface area contributed by atoms with Gasteiger partial charge in [-0.1, -0.05) is 33.6 Å². The van der Waals surface area contributed by atoms with Crippen molar-refractivity contribution >= 4 is 21.4 Å². The van der Waals surface area contributed by atoms with E-state index >= 15 is 0 Å². The summed E-state index contributed by atoms with van der Waals surface area (Å²) in [6, 6.07) is 4.74. The normalized spacial score (nSPS) is 11.8. The second kappa shape index (κ2) is 7.50. The molecule has 0 aromatic heterocycles. The molecule has 114 valence electrons. The van der Waals surface area contributed by atoms with Gasteiger partial charge in [0.05, 0.1) is 16.3 Å². The fraction of sp³-hybridized carbons (Fsp3) is 0.571. The number of sulfonamides is 1. The molecule has 1 aromatic rings. The van der Waals surface area contributed by atoms with E-state index in [9.17, 15) is 8.42 Å². The van der Waals surface area contributed by atoms with Crippen molar-refractivity contribution < 1.29 is 8.42 Å². The van der Waals surface area contributed by atoms with Crippen LogP contribution in [0, 0.1) is 5.92 Å². The summed E-state index contributed by atoms with van der Waals surface area (Å²) in [5.74, 6) is 0.559. The van der Waals surface area contributed by atoms with Gasteiger partial charge in [0.25, 0.3) is 0 Å². The Bertz CT molecular complexity index is 525. The molecule has 0 atom stereocenters. The van der Waals surface area contributed by atoms with Crippen molar-refractivity contribution in [1.82, 2.24) is 4.72 Å². The molecule has 20 heavy (non-hydrogen) atoms. The number of nitrogens with two attached hydrogens (primary N) is 1. The van der Waals surface area contributed by atoms with E-state index in [1.165, 1.54) is 6.07 Å². The quantitative estimate of drug-likeness (QED) is 0.644. The Labute approximate surface area is 122 Å². The van der Waals surface area contributed by atoms with Crippen LogP contribution in [0.4, 0.5) is 11.4 Å². The van der Waals surface area contributed by atoms with Gasteiger partial charge in [-0.25, -0.2) is 13.1 Å². The average molecular weight is 299 g/mol. The average Bonchev–Trinajstić information content (AvgIpc) is 2.41. The monoisotopic (exact) mass is 299 g/mol. The van der Waals surface area contributed by atoms with Crippen molar-refractivity contribution in [2.45, 2.75) is 38.5 Å². The van der Waals surface area contributed by atoms with Crippen LogP contribution in [0.25, 0.3) is 0 Å². The number of nitrogens with one attached hydrogen (secondary N) is 2. The van der Waals surface area contributed by atoms with Gasteiger partial charge < -0.3 is 11.1 Å². The molecule has 1 rings (SSSR count). The highest BCUT2D eigenvalue weighted by Gasteiger charge is 2.14. The zero-order chi connectivity index (χ0) is 15.2. The summed E-state index contributed by atoms with van der Waals surface area (Å²) in [6.07, 6.45) is 2.16. The predicted octanol–water partition coefficient (Wildman–Crippen LogP) is 2.42. The molecule has 1 aromatic carbocycles. The maximum absolute atomic E-state index is 12.0. The molecular formula is C14H25N3O2S. The summed E-state index contributed by atoms with van der Waals surface area (Å²) >= 11 is 0. The first-order valence-electron chi connectivity index (χ1n) is 7.07. The highest BCUT2D eigenvalue weighted by Crippen LogP contribution is 2.23. The zero-order valence-corrected chi connectivity index (χ0v) is 13.3. The van der Waals surface area contributed by atoms with Crippen molar-refractivity contribution in [2.75, 3.05) is 24.1 Å². The van der Waals surface area contributed by atoms with Crippen molar-refractivity contribution in [3.63, 3.8) is 0 Å². The van der Waals surface area contributed by atoms with Crippen LogP contribution in [0.2, 0.25) is 0 Å². The first-order chi connectivity index (χ1) is 9.44. The Kier molecular flexibility index (Phi) is 6.29. The minimum atomic E-state index is -3.44. The van der Waals surface area contributed by atoms with Crippen LogP contribution in [0.5, 0.6) is 0 Å². The van der Waals surface area contributed by atoms with Gasteiger partial charge in [-0.3, -0.25) is 0 Å². The molecule has 0 fully saturated rings. The molecule has 0 bridgehead atoms. The van der Waals surface area contributed by atoms with Crippen LogP contribution >= 0.6 is 0 Å². The lowest BCUT2D eigenvalue weighted by Gasteiger charge is -2.16. The van der Waals surface area contributed by atoms with Crippen molar-refractivity contribution in [3.8, 4) is 0 Å². The SMILES string of the molecule is CCNS(=O)(=O)c1ccc(N)c(NCC(CC)CC)c1. The maximum Gasteiger partial charge on any atom is 0.240 e. The second-order valence-corrected chi connectivity index (χ2v) is 6.58. The van der Waals surface area contributed by atoms with Crippen molar-refractivity contribution in [1.29, 1.82) is 0 Å². The Balaban J connectivity index is 2.92. The summed E-state index contributed by atoms with van der Waals surface area (Å²) in [5, 5.41) is 3.25. The van der Waals surface area contributed by atoms with E-state index in [2.05, 4.69) is 23.9 Å². The van der Waals surface area contributed by atoms with E-state index in [1.807, 2.05) is 0 Å². The lowest BCUT2D eigenvalue weighted by Crippen LogP contribution is -2.23. The first kappa shape index (κ1) is 16.8. The van der Waals surface area contributed by atoms with Gasteiger partial charge >= 0.3 is 0 Å². The van der Waals surface area contributed by atoms with E-state index in [0.717, 1.165) is 19.4 Å². The molecule has 0 aliphatic heterocycles. The maximum atomic E-state index is 12.0. The van der Waals surface area contributed by atoms with Crippen LogP contribution in [0.3, 0.4) is 0 Å². The molecule has 0 unspecified atom stereocenters. The third-order valence-electron chi connectivity index (χ3n) is 3.41. The number of hydrogen-bond acceptors (Lipinski definition) is 4. The third-order valence-corrected chi connectivity index (χ3v) is 4.95. The summed E-state index contributed by atoms with van der Waals surface area (Å²) in [6.45, 7) is 7.20. The van der Waals surface area contributed by atoms with Gasteiger partial charge in [0, 0.05) is 13.1 Å². The van der Waals surface area contributed by atoms with Gasteiger partial charge in [-0.05, 0) is 24.1 Å². The molecule has 0 spiro atoms. The van der Waals surface area contributed by atoms with E-state index in [1.54, 1.807) is 19.1 Å². The molecule has 0 radical (unpaired) electrons. The van der Waals surface area contributed by atoms with Gasteiger partial charge in [0.15, 0.2) is 0 Å². The number of rotatable bonds is 8. The Morgan fingerprint density at radius 3 is 2.40 bits per heavy atom. The highest BCUT2D eigenvalue weighted by molar-refractivity contribution is 7.89. The van der Waals surface area contributed by atoms with Gasteiger partial charge in [0.1, 0.15) is 0 Å². The number of nitrogen functional groups attached to an aromatic ring is 1. The lowest BCUT2D eigenvalue weighted by molar-refractivity contribution is 0.519. The minimum Gasteiger partial charge on any atom is -0.397 e. The molecule has 0 saturated carbocycles. The molecule has 0 heterocycles. The number of anilines is 2. The van der Waals surface area contributed by atoms with Crippen LogP contribution in [-0.4, -0.2) is 21.5 Å². The molecule has 6 heteroatoms. The number of benzene rings is 1.